The van der Waals surface area contributed by atoms with Crippen LogP contribution in [0.3, 0.4) is 0 Å². The number of hydrogen-bond donors (Lipinski definition) is 1. The minimum absolute atomic E-state index is 0.129. The molecule has 2 N–H and O–H groups in total. The monoisotopic (exact) mass is 296 g/mol. The number of rotatable bonds is 4. The van der Waals surface area contributed by atoms with Gasteiger partial charge in [0.05, 0.1) is 4.90 Å². The van der Waals surface area contributed by atoms with E-state index >= 15 is 0 Å². The van der Waals surface area contributed by atoms with Gasteiger partial charge >= 0.3 is 0 Å². The molecule has 1 aliphatic carbocycles. The van der Waals surface area contributed by atoms with Crippen LogP contribution in [0.1, 0.15) is 44.1 Å². The number of sulfonamides is 1. The molecule has 0 atom stereocenters. The Hall–Kier alpha value is -0.910. The van der Waals surface area contributed by atoms with Crippen molar-refractivity contribution in [2.24, 2.45) is 5.73 Å². The second-order valence-corrected chi connectivity index (χ2v) is 7.52. The van der Waals surface area contributed by atoms with Gasteiger partial charge in [-0.15, -0.1) is 0 Å². The molecule has 2 rings (SSSR count). The first-order chi connectivity index (χ1) is 9.55. The smallest absolute Gasteiger partial charge is 0.243 e. The van der Waals surface area contributed by atoms with Crippen LogP contribution in [-0.2, 0) is 16.6 Å². The van der Waals surface area contributed by atoms with Gasteiger partial charge in [0.25, 0.3) is 0 Å². The van der Waals surface area contributed by atoms with E-state index in [9.17, 15) is 8.42 Å². The van der Waals surface area contributed by atoms with Gasteiger partial charge in [0, 0.05) is 19.6 Å². The van der Waals surface area contributed by atoms with Crippen molar-refractivity contribution in [3.05, 3.63) is 29.8 Å². The summed E-state index contributed by atoms with van der Waals surface area (Å²) in [6.07, 6.45) is 6.60. The molecule has 1 fully saturated rings. The molecule has 0 radical (unpaired) electrons. The third kappa shape index (κ3) is 3.40. The maximum atomic E-state index is 12.7. The van der Waals surface area contributed by atoms with Gasteiger partial charge in [0.1, 0.15) is 0 Å². The Morgan fingerprint density at radius 3 is 2.45 bits per heavy atom. The number of hydrogen-bond acceptors (Lipinski definition) is 3. The van der Waals surface area contributed by atoms with E-state index in [0.717, 1.165) is 31.2 Å². The van der Waals surface area contributed by atoms with Crippen LogP contribution in [0.15, 0.2) is 29.2 Å². The van der Waals surface area contributed by atoms with Gasteiger partial charge in [0.15, 0.2) is 0 Å². The average molecular weight is 296 g/mol. The molecule has 1 aliphatic rings. The van der Waals surface area contributed by atoms with Gasteiger partial charge in [0.2, 0.25) is 10.0 Å². The van der Waals surface area contributed by atoms with Crippen LogP contribution >= 0.6 is 0 Å². The minimum atomic E-state index is -3.41. The van der Waals surface area contributed by atoms with Gasteiger partial charge in [-0.3, -0.25) is 0 Å². The summed E-state index contributed by atoms with van der Waals surface area (Å²) in [5.41, 5.74) is 6.44. The van der Waals surface area contributed by atoms with Crippen molar-refractivity contribution in [1.29, 1.82) is 0 Å². The van der Waals surface area contributed by atoms with Crippen LogP contribution < -0.4 is 5.73 Å². The molecule has 1 saturated carbocycles. The number of benzene rings is 1. The fraction of sp³-hybridized carbons (Fsp3) is 0.600. The van der Waals surface area contributed by atoms with E-state index in [0.29, 0.717) is 11.4 Å². The highest BCUT2D eigenvalue weighted by Gasteiger charge is 2.28. The second kappa shape index (κ2) is 6.70. The Bertz CT molecular complexity index is 535. The van der Waals surface area contributed by atoms with Crippen LogP contribution in [0.4, 0.5) is 0 Å². The molecule has 20 heavy (non-hydrogen) atoms. The van der Waals surface area contributed by atoms with Crippen molar-refractivity contribution in [2.45, 2.75) is 56.0 Å². The predicted octanol–water partition coefficient (Wildman–Crippen LogP) is 2.49. The molecular formula is C15H24N2O2S. The van der Waals surface area contributed by atoms with Gasteiger partial charge in [-0.05, 0) is 30.5 Å². The zero-order chi connectivity index (χ0) is 14.6. The normalized spacial score (nSPS) is 18.1. The van der Waals surface area contributed by atoms with Crippen molar-refractivity contribution in [2.75, 3.05) is 7.05 Å². The summed E-state index contributed by atoms with van der Waals surface area (Å²) in [6, 6.07) is 7.08. The lowest BCUT2D eigenvalue weighted by Gasteiger charge is -2.26. The molecule has 1 aromatic carbocycles. The fourth-order valence-electron chi connectivity index (χ4n) is 2.82. The third-order valence-electron chi connectivity index (χ3n) is 4.15. The Balaban J connectivity index is 2.23. The molecule has 4 nitrogen and oxygen atoms in total. The highest BCUT2D eigenvalue weighted by atomic mass is 32.2. The first-order valence-electron chi connectivity index (χ1n) is 7.33. The highest BCUT2D eigenvalue weighted by molar-refractivity contribution is 7.89. The standard InChI is InChI=1S/C15H24N2O2S/c1-17(14-8-4-2-3-5-9-14)20(18,19)15-10-6-7-13(11-15)12-16/h6-7,10-11,14H,2-5,8-9,12,16H2,1H3. The topological polar surface area (TPSA) is 63.4 Å². The zero-order valence-electron chi connectivity index (χ0n) is 12.1. The Morgan fingerprint density at radius 2 is 1.85 bits per heavy atom. The molecule has 112 valence electrons. The summed E-state index contributed by atoms with van der Waals surface area (Å²) < 4.78 is 27.0. The maximum absolute atomic E-state index is 12.7. The lowest BCUT2D eigenvalue weighted by molar-refractivity contribution is 0.335. The zero-order valence-corrected chi connectivity index (χ0v) is 12.9. The van der Waals surface area contributed by atoms with Crippen molar-refractivity contribution in [1.82, 2.24) is 4.31 Å². The van der Waals surface area contributed by atoms with Crippen LogP contribution in [-0.4, -0.2) is 25.8 Å². The molecule has 0 spiro atoms. The van der Waals surface area contributed by atoms with E-state index in [4.69, 9.17) is 5.73 Å². The molecular weight excluding hydrogens is 272 g/mol. The lowest BCUT2D eigenvalue weighted by atomic mass is 10.1. The van der Waals surface area contributed by atoms with Crippen molar-refractivity contribution < 1.29 is 8.42 Å². The molecule has 1 aromatic rings. The van der Waals surface area contributed by atoms with E-state index in [2.05, 4.69) is 0 Å². The highest BCUT2D eigenvalue weighted by Crippen LogP contribution is 2.26. The summed E-state index contributed by atoms with van der Waals surface area (Å²) in [7, 11) is -1.70. The summed E-state index contributed by atoms with van der Waals surface area (Å²) in [6.45, 7) is 0.358. The fourth-order valence-corrected chi connectivity index (χ4v) is 4.30. The minimum Gasteiger partial charge on any atom is -0.326 e. The van der Waals surface area contributed by atoms with Gasteiger partial charge < -0.3 is 5.73 Å². The van der Waals surface area contributed by atoms with Gasteiger partial charge in [-0.25, -0.2) is 8.42 Å². The van der Waals surface area contributed by atoms with Crippen molar-refractivity contribution in [3.63, 3.8) is 0 Å². The second-order valence-electron chi connectivity index (χ2n) is 5.52. The summed E-state index contributed by atoms with van der Waals surface area (Å²) in [4.78, 5) is 0.354. The molecule has 0 unspecified atom stereocenters. The SMILES string of the molecule is CN(C1CCCCCC1)S(=O)(=O)c1cccc(CN)c1. The van der Waals surface area contributed by atoms with Gasteiger partial charge in [-0.1, -0.05) is 37.8 Å². The quantitative estimate of drug-likeness (QED) is 0.868. The van der Waals surface area contributed by atoms with E-state index < -0.39 is 10.0 Å². The van der Waals surface area contributed by atoms with Crippen molar-refractivity contribution in [3.8, 4) is 0 Å². The predicted molar refractivity (Wildman–Crippen MR) is 80.8 cm³/mol. The molecule has 0 aliphatic heterocycles. The Labute approximate surface area is 122 Å². The van der Waals surface area contributed by atoms with Crippen molar-refractivity contribution >= 4 is 10.0 Å². The molecule has 5 heteroatoms. The first kappa shape index (κ1) is 15.5. The van der Waals surface area contributed by atoms with Crippen LogP contribution in [0.25, 0.3) is 0 Å². The van der Waals surface area contributed by atoms with Gasteiger partial charge in [-0.2, -0.15) is 4.31 Å². The molecule has 0 saturated heterocycles. The number of nitrogens with zero attached hydrogens (tertiary/aromatic N) is 1. The largest absolute Gasteiger partial charge is 0.326 e. The first-order valence-corrected chi connectivity index (χ1v) is 8.77. The molecule has 0 aromatic heterocycles. The van der Waals surface area contributed by atoms with Crippen LogP contribution in [0.2, 0.25) is 0 Å². The van der Waals surface area contributed by atoms with E-state index in [-0.39, 0.29) is 6.04 Å². The Morgan fingerprint density at radius 1 is 1.20 bits per heavy atom. The Kier molecular flexibility index (Phi) is 5.18. The van der Waals surface area contributed by atoms with E-state index in [1.807, 2.05) is 6.07 Å². The summed E-state index contributed by atoms with van der Waals surface area (Å²) >= 11 is 0. The number of nitrogens with two attached hydrogens (primary N) is 1. The lowest BCUT2D eigenvalue weighted by Crippen LogP contribution is -2.36. The van der Waals surface area contributed by atoms with Crippen LogP contribution in [0, 0.1) is 0 Å². The van der Waals surface area contributed by atoms with Crippen LogP contribution in [0.5, 0.6) is 0 Å². The molecule has 0 heterocycles. The molecule has 0 bridgehead atoms. The van der Waals surface area contributed by atoms with E-state index in [1.54, 1.807) is 29.6 Å². The van der Waals surface area contributed by atoms with E-state index in [1.165, 1.54) is 12.8 Å². The average Bonchev–Trinajstić information content (AvgIpc) is 2.75. The molecule has 0 amide bonds. The summed E-state index contributed by atoms with van der Waals surface area (Å²) in [5.74, 6) is 0. The maximum Gasteiger partial charge on any atom is 0.243 e. The third-order valence-corrected chi connectivity index (χ3v) is 6.06. The summed E-state index contributed by atoms with van der Waals surface area (Å²) in [5, 5.41) is 0.